The first-order valence-corrected chi connectivity index (χ1v) is 7.98. The quantitative estimate of drug-likeness (QED) is 0.515. The fourth-order valence-electron chi connectivity index (χ4n) is 2.09. The standard InChI is InChI=1S/C18H16ClF3O3/c1-2-24-17(23)16(19)10-12-6-8-14(9-7-12)25-15-5-3-4-13(11-15)18(20,21)22/h3-9,11,16H,2,10H2,1H3. The van der Waals surface area contributed by atoms with Crippen LogP contribution in [0, 0.1) is 0 Å². The van der Waals surface area contributed by atoms with E-state index in [0.717, 1.165) is 17.7 Å². The van der Waals surface area contributed by atoms with Gasteiger partial charge in [-0.25, -0.2) is 0 Å². The van der Waals surface area contributed by atoms with Crippen LogP contribution in [0.15, 0.2) is 48.5 Å². The Bertz CT molecular complexity index is 714. The van der Waals surface area contributed by atoms with E-state index in [1.807, 2.05) is 0 Å². The summed E-state index contributed by atoms with van der Waals surface area (Å²) in [6.07, 6.45) is -4.14. The van der Waals surface area contributed by atoms with E-state index in [-0.39, 0.29) is 18.8 Å². The number of esters is 1. The molecule has 1 unspecified atom stereocenters. The van der Waals surface area contributed by atoms with Crippen LogP contribution in [0.5, 0.6) is 11.5 Å². The number of halogens is 4. The van der Waals surface area contributed by atoms with Gasteiger partial charge in [0, 0.05) is 0 Å². The van der Waals surface area contributed by atoms with Crippen molar-refractivity contribution in [1.82, 2.24) is 0 Å². The van der Waals surface area contributed by atoms with Crippen LogP contribution in [0.4, 0.5) is 13.2 Å². The van der Waals surface area contributed by atoms with E-state index in [9.17, 15) is 18.0 Å². The molecular weight excluding hydrogens is 357 g/mol. The van der Waals surface area contributed by atoms with Gasteiger partial charge >= 0.3 is 12.1 Å². The van der Waals surface area contributed by atoms with Crippen LogP contribution in [-0.4, -0.2) is 18.0 Å². The SMILES string of the molecule is CCOC(=O)C(Cl)Cc1ccc(Oc2cccc(C(F)(F)F)c2)cc1. The minimum atomic E-state index is -4.42. The van der Waals surface area contributed by atoms with Crippen molar-refractivity contribution in [2.24, 2.45) is 0 Å². The van der Waals surface area contributed by atoms with Crippen LogP contribution in [0.2, 0.25) is 0 Å². The largest absolute Gasteiger partial charge is 0.465 e. The minimum absolute atomic E-state index is 0.0873. The zero-order chi connectivity index (χ0) is 18.4. The molecule has 0 N–H and O–H groups in total. The zero-order valence-corrected chi connectivity index (χ0v) is 14.1. The monoisotopic (exact) mass is 372 g/mol. The van der Waals surface area contributed by atoms with Crippen LogP contribution >= 0.6 is 11.6 Å². The lowest BCUT2D eigenvalue weighted by Gasteiger charge is -2.11. The number of ether oxygens (including phenoxy) is 2. The second-order valence-corrected chi connectivity index (χ2v) is 5.72. The maximum absolute atomic E-state index is 12.7. The molecule has 2 aromatic rings. The molecule has 2 aromatic carbocycles. The Morgan fingerprint density at radius 2 is 1.80 bits per heavy atom. The summed E-state index contributed by atoms with van der Waals surface area (Å²) in [5.41, 5.74) is 0.00508. The normalized spacial score (nSPS) is 12.5. The number of alkyl halides is 4. The van der Waals surface area contributed by atoms with E-state index in [1.54, 1.807) is 31.2 Å². The van der Waals surface area contributed by atoms with Gasteiger partial charge in [-0.2, -0.15) is 13.2 Å². The van der Waals surface area contributed by atoms with Gasteiger partial charge in [-0.15, -0.1) is 11.6 Å². The van der Waals surface area contributed by atoms with Gasteiger partial charge < -0.3 is 9.47 Å². The Morgan fingerprint density at radius 3 is 2.40 bits per heavy atom. The van der Waals surface area contributed by atoms with Crippen LogP contribution in [0.1, 0.15) is 18.1 Å². The third-order valence-corrected chi connectivity index (χ3v) is 3.61. The lowest BCUT2D eigenvalue weighted by molar-refractivity contribution is -0.142. The number of carbonyl (C=O) groups excluding carboxylic acids is 1. The van der Waals surface area contributed by atoms with E-state index < -0.39 is 23.1 Å². The van der Waals surface area contributed by atoms with Crippen molar-refractivity contribution >= 4 is 17.6 Å². The highest BCUT2D eigenvalue weighted by molar-refractivity contribution is 6.30. The lowest BCUT2D eigenvalue weighted by Crippen LogP contribution is -2.20. The molecule has 2 rings (SSSR count). The summed E-state index contributed by atoms with van der Waals surface area (Å²) in [4.78, 5) is 11.5. The van der Waals surface area contributed by atoms with Crippen LogP contribution < -0.4 is 4.74 Å². The minimum Gasteiger partial charge on any atom is -0.465 e. The van der Waals surface area contributed by atoms with Crippen molar-refractivity contribution in [1.29, 1.82) is 0 Å². The van der Waals surface area contributed by atoms with Gasteiger partial charge in [0.1, 0.15) is 16.9 Å². The molecule has 0 amide bonds. The first-order valence-electron chi connectivity index (χ1n) is 7.54. The van der Waals surface area contributed by atoms with Gasteiger partial charge in [0.05, 0.1) is 12.2 Å². The highest BCUT2D eigenvalue weighted by Gasteiger charge is 2.30. The van der Waals surface area contributed by atoms with E-state index in [2.05, 4.69) is 0 Å². The van der Waals surface area contributed by atoms with Crippen LogP contribution in [-0.2, 0) is 22.1 Å². The molecule has 134 valence electrons. The highest BCUT2D eigenvalue weighted by Crippen LogP contribution is 2.32. The van der Waals surface area contributed by atoms with Gasteiger partial charge in [0.2, 0.25) is 0 Å². The molecule has 0 aromatic heterocycles. The molecule has 0 bridgehead atoms. The fraction of sp³-hybridized carbons (Fsp3) is 0.278. The van der Waals surface area contributed by atoms with E-state index in [4.69, 9.17) is 21.1 Å². The molecule has 0 fully saturated rings. The van der Waals surface area contributed by atoms with Crippen molar-refractivity contribution < 1.29 is 27.4 Å². The Balaban J connectivity index is 2.02. The van der Waals surface area contributed by atoms with Crippen molar-refractivity contribution in [2.75, 3.05) is 6.61 Å². The molecule has 0 saturated carbocycles. The van der Waals surface area contributed by atoms with Crippen molar-refractivity contribution in [2.45, 2.75) is 24.9 Å². The summed E-state index contributed by atoms with van der Waals surface area (Å²) in [5, 5.41) is -0.796. The summed E-state index contributed by atoms with van der Waals surface area (Å²) < 4.78 is 48.4. The Morgan fingerprint density at radius 1 is 1.12 bits per heavy atom. The number of benzene rings is 2. The van der Waals surface area contributed by atoms with Crippen molar-refractivity contribution in [3.05, 3.63) is 59.7 Å². The number of hydrogen-bond donors (Lipinski definition) is 0. The van der Waals surface area contributed by atoms with Crippen molar-refractivity contribution in [3.8, 4) is 11.5 Å². The third-order valence-electron chi connectivity index (χ3n) is 3.28. The van der Waals surface area contributed by atoms with Gasteiger partial charge in [-0.3, -0.25) is 4.79 Å². The Hall–Kier alpha value is -2.21. The molecule has 0 radical (unpaired) electrons. The Kier molecular flexibility index (Phi) is 6.31. The average molecular weight is 373 g/mol. The number of rotatable bonds is 6. The summed E-state index contributed by atoms with van der Waals surface area (Å²) >= 11 is 5.96. The summed E-state index contributed by atoms with van der Waals surface area (Å²) in [6, 6.07) is 11.2. The summed E-state index contributed by atoms with van der Waals surface area (Å²) in [6.45, 7) is 1.95. The third kappa shape index (κ3) is 5.67. The molecule has 0 saturated heterocycles. The average Bonchev–Trinajstić information content (AvgIpc) is 2.56. The molecular formula is C18H16ClF3O3. The van der Waals surface area contributed by atoms with E-state index in [0.29, 0.717) is 5.75 Å². The summed E-state index contributed by atoms with van der Waals surface area (Å²) in [7, 11) is 0. The molecule has 7 heteroatoms. The smallest absolute Gasteiger partial charge is 0.416 e. The molecule has 0 heterocycles. The second-order valence-electron chi connectivity index (χ2n) is 5.20. The van der Waals surface area contributed by atoms with Crippen LogP contribution in [0.25, 0.3) is 0 Å². The molecule has 3 nitrogen and oxygen atoms in total. The first kappa shape index (κ1) is 19.1. The van der Waals surface area contributed by atoms with E-state index >= 15 is 0 Å². The second kappa shape index (κ2) is 8.25. The predicted octanol–water partition coefficient (Wildman–Crippen LogP) is 5.21. The van der Waals surface area contributed by atoms with Gasteiger partial charge in [0.15, 0.2) is 0 Å². The topological polar surface area (TPSA) is 35.5 Å². The molecule has 0 aliphatic carbocycles. The highest BCUT2D eigenvalue weighted by atomic mass is 35.5. The Labute approximate surface area is 148 Å². The molecule has 1 atom stereocenters. The van der Waals surface area contributed by atoms with E-state index in [1.165, 1.54) is 12.1 Å². The first-order chi connectivity index (χ1) is 11.8. The van der Waals surface area contributed by atoms with Crippen molar-refractivity contribution in [3.63, 3.8) is 0 Å². The maximum atomic E-state index is 12.7. The fourth-order valence-corrected chi connectivity index (χ4v) is 2.33. The van der Waals surface area contributed by atoms with Crippen LogP contribution in [0.3, 0.4) is 0 Å². The maximum Gasteiger partial charge on any atom is 0.416 e. The van der Waals surface area contributed by atoms with Gasteiger partial charge in [0.25, 0.3) is 0 Å². The molecule has 0 spiro atoms. The predicted molar refractivity (Wildman–Crippen MR) is 87.9 cm³/mol. The number of carbonyl (C=O) groups is 1. The van der Waals surface area contributed by atoms with Gasteiger partial charge in [-0.05, 0) is 49.2 Å². The molecule has 0 aliphatic heterocycles. The lowest BCUT2D eigenvalue weighted by atomic mass is 10.1. The molecule has 25 heavy (non-hydrogen) atoms. The van der Waals surface area contributed by atoms with Gasteiger partial charge in [-0.1, -0.05) is 18.2 Å². The number of hydrogen-bond acceptors (Lipinski definition) is 3. The molecule has 0 aliphatic rings. The summed E-state index contributed by atoms with van der Waals surface area (Å²) in [5.74, 6) is -0.0249. The zero-order valence-electron chi connectivity index (χ0n) is 13.3.